The number of nitrogens with one attached hydrogen (secondary N) is 1. The molecule has 0 amide bonds. The molecule has 106 valence electrons. The SMILES string of the molecule is O=c1c2c3c(sc2[nH]c(=S)n1CC1CCCS1)CCC3. The molecule has 3 heterocycles. The summed E-state index contributed by atoms with van der Waals surface area (Å²) in [6, 6.07) is 0. The minimum atomic E-state index is 0.135. The van der Waals surface area contributed by atoms with E-state index in [-0.39, 0.29) is 5.56 Å². The third kappa shape index (κ3) is 2.00. The van der Waals surface area contributed by atoms with E-state index in [0.29, 0.717) is 10.0 Å². The van der Waals surface area contributed by atoms with Crippen LogP contribution in [-0.2, 0) is 19.4 Å². The standard InChI is InChI=1S/C14H16N2OS3/c17-13-11-9-4-1-5-10(9)20-12(11)15-14(18)16(13)7-8-3-2-6-19-8/h8H,1-7H2,(H,15,18). The molecule has 0 saturated carbocycles. The van der Waals surface area contributed by atoms with E-state index in [4.69, 9.17) is 12.2 Å². The summed E-state index contributed by atoms with van der Waals surface area (Å²) >= 11 is 9.11. The maximum atomic E-state index is 12.8. The molecule has 1 N–H and O–H groups in total. The summed E-state index contributed by atoms with van der Waals surface area (Å²) in [6.07, 6.45) is 5.81. The van der Waals surface area contributed by atoms with Gasteiger partial charge in [-0.15, -0.1) is 11.3 Å². The number of fused-ring (bicyclic) bond motifs is 3. The molecule has 0 bridgehead atoms. The number of hydrogen-bond acceptors (Lipinski definition) is 4. The molecule has 1 aliphatic carbocycles. The molecule has 1 atom stereocenters. The van der Waals surface area contributed by atoms with Crippen molar-refractivity contribution in [2.24, 2.45) is 0 Å². The van der Waals surface area contributed by atoms with Crippen molar-refractivity contribution < 1.29 is 0 Å². The first-order valence-corrected chi connectivity index (χ1v) is 9.40. The Labute approximate surface area is 130 Å². The Morgan fingerprint density at radius 3 is 3.05 bits per heavy atom. The molecule has 1 saturated heterocycles. The van der Waals surface area contributed by atoms with Gasteiger partial charge in [-0.1, -0.05) is 0 Å². The van der Waals surface area contributed by atoms with Crippen LogP contribution in [0.25, 0.3) is 10.2 Å². The number of nitrogens with zero attached hydrogens (tertiary/aromatic N) is 1. The van der Waals surface area contributed by atoms with E-state index in [9.17, 15) is 4.79 Å². The Morgan fingerprint density at radius 2 is 2.25 bits per heavy atom. The van der Waals surface area contributed by atoms with Crippen molar-refractivity contribution in [2.75, 3.05) is 5.75 Å². The Balaban J connectivity index is 1.88. The number of thioether (sulfide) groups is 1. The van der Waals surface area contributed by atoms with Crippen LogP contribution in [0.1, 0.15) is 29.7 Å². The summed E-state index contributed by atoms with van der Waals surface area (Å²) in [5.41, 5.74) is 1.42. The van der Waals surface area contributed by atoms with E-state index in [1.54, 1.807) is 15.9 Å². The second-order valence-electron chi connectivity index (χ2n) is 5.54. The predicted octanol–water partition coefficient (Wildman–Crippen LogP) is 3.50. The van der Waals surface area contributed by atoms with Crippen molar-refractivity contribution >= 4 is 45.5 Å². The van der Waals surface area contributed by atoms with Gasteiger partial charge in [0.15, 0.2) is 4.77 Å². The maximum absolute atomic E-state index is 12.8. The van der Waals surface area contributed by atoms with Crippen LogP contribution < -0.4 is 5.56 Å². The van der Waals surface area contributed by atoms with Crippen molar-refractivity contribution in [2.45, 2.75) is 43.9 Å². The lowest BCUT2D eigenvalue weighted by atomic mass is 10.2. The Hall–Kier alpha value is -0.590. The number of thiophene rings is 1. The van der Waals surface area contributed by atoms with Gasteiger partial charge in [-0.25, -0.2) is 0 Å². The van der Waals surface area contributed by atoms with Crippen LogP contribution in [0.3, 0.4) is 0 Å². The van der Waals surface area contributed by atoms with Gasteiger partial charge in [-0.3, -0.25) is 9.36 Å². The van der Waals surface area contributed by atoms with Crippen LogP contribution >= 0.6 is 35.3 Å². The highest BCUT2D eigenvalue weighted by atomic mass is 32.2. The lowest BCUT2D eigenvalue weighted by Gasteiger charge is -2.11. The van der Waals surface area contributed by atoms with Crippen LogP contribution in [0.5, 0.6) is 0 Å². The highest BCUT2D eigenvalue weighted by molar-refractivity contribution is 8.00. The molecule has 1 aliphatic heterocycles. The van der Waals surface area contributed by atoms with Crippen LogP contribution in [0.4, 0.5) is 0 Å². The van der Waals surface area contributed by atoms with Gasteiger partial charge in [-0.2, -0.15) is 11.8 Å². The smallest absolute Gasteiger partial charge is 0.263 e. The average Bonchev–Trinajstić information content (AvgIpc) is 3.09. The monoisotopic (exact) mass is 324 g/mol. The largest absolute Gasteiger partial charge is 0.323 e. The number of H-pyrrole nitrogens is 1. The summed E-state index contributed by atoms with van der Waals surface area (Å²) in [5.74, 6) is 1.21. The van der Waals surface area contributed by atoms with Crippen LogP contribution in [0.15, 0.2) is 4.79 Å². The van der Waals surface area contributed by atoms with Gasteiger partial charge in [-0.05, 0) is 55.6 Å². The molecule has 4 rings (SSSR count). The van der Waals surface area contributed by atoms with E-state index in [1.807, 2.05) is 11.8 Å². The van der Waals surface area contributed by atoms with E-state index in [2.05, 4.69) is 4.98 Å². The van der Waals surface area contributed by atoms with Gasteiger partial charge in [0.1, 0.15) is 4.83 Å². The van der Waals surface area contributed by atoms with E-state index in [1.165, 1.54) is 35.5 Å². The summed E-state index contributed by atoms with van der Waals surface area (Å²) in [6.45, 7) is 0.763. The molecule has 2 aromatic heterocycles. The van der Waals surface area contributed by atoms with E-state index in [0.717, 1.165) is 29.6 Å². The maximum Gasteiger partial charge on any atom is 0.263 e. The molecule has 0 aromatic carbocycles. The third-order valence-electron chi connectivity index (χ3n) is 4.26. The molecular weight excluding hydrogens is 308 g/mol. The first-order valence-electron chi connectivity index (χ1n) is 7.13. The summed E-state index contributed by atoms with van der Waals surface area (Å²) < 4.78 is 2.39. The van der Waals surface area contributed by atoms with Gasteiger partial charge in [0.05, 0.1) is 5.39 Å². The Morgan fingerprint density at radius 1 is 1.35 bits per heavy atom. The van der Waals surface area contributed by atoms with Crippen LogP contribution in [-0.4, -0.2) is 20.6 Å². The molecule has 3 nitrogen and oxygen atoms in total. The van der Waals surface area contributed by atoms with Gasteiger partial charge >= 0.3 is 0 Å². The molecular formula is C14H16N2OS3. The number of aromatic amines is 1. The number of aryl methyl sites for hydroxylation is 2. The fraction of sp³-hybridized carbons (Fsp3) is 0.571. The molecule has 2 aromatic rings. The van der Waals surface area contributed by atoms with Gasteiger partial charge in [0.25, 0.3) is 5.56 Å². The van der Waals surface area contributed by atoms with E-state index >= 15 is 0 Å². The lowest BCUT2D eigenvalue weighted by molar-refractivity contribution is 0.608. The molecule has 20 heavy (non-hydrogen) atoms. The zero-order valence-electron chi connectivity index (χ0n) is 11.1. The first kappa shape index (κ1) is 13.1. The summed E-state index contributed by atoms with van der Waals surface area (Å²) in [7, 11) is 0. The van der Waals surface area contributed by atoms with Crippen molar-refractivity contribution in [3.63, 3.8) is 0 Å². The van der Waals surface area contributed by atoms with Gasteiger partial charge < -0.3 is 4.98 Å². The van der Waals surface area contributed by atoms with Crippen LogP contribution in [0, 0.1) is 4.77 Å². The highest BCUT2D eigenvalue weighted by Crippen LogP contribution is 2.34. The number of rotatable bonds is 2. The normalized spacial score (nSPS) is 21.7. The molecule has 1 fully saturated rings. The van der Waals surface area contributed by atoms with Gasteiger partial charge in [0, 0.05) is 16.7 Å². The fourth-order valence-corrected chi connectivity index (χ4v) is 6.13. The predicted molar refractivity (Wildman–Crippen MR) is 88.8 cm³/mol. The average molecular weight is 324 g/mol. The molecule has 6 heteroatoms. The minimum Gasteiger partial charge on any atom is -0.323 e. The van der Waals surface area contributed by atoms with Gasteiger partial charge in [0.2, 0.25) is 0 Å². The topological polar surface area (TPSA) is 37.8 Å². The zero-order chi connectivity index (χ0) is 13.7. The minimum absolute atomic E-state index is 0.135. The third-order valence-corrected chi connectivity index (χ3v) is 7.17. The van der Waals surface area contributed by atoms with Crippen molar-refractivity contribution in [3.05, 3.63) is 25.6 Å². The molecule has 2 aliphatic rings. The second kappa shape index (κ2) is 5.00. The molecule has 1 unspecified atom stereocenters. The van der Waals surface area contributed by atoms with Crippen molar-refractivity contribution in [1.29, 1.82) is 0 Å². The summed E-state index contributed by atoms with van der Waals surface area (Å²) in [5, 5.41) is 1.46. The number of aromatic nitrogens is 2. The summed E-state index contributed by atoms with van der Waals surface area (Å²) in [4.78, 5) is 18.5. The van der Waals surface area contributed by atoms with E-state index < -0.39 is 0 Å². The number of hydrogen-bond donors (Lipinski definition) is 1. The highest BCUT2D eigenvalue weighted by Gasteiger charge is 2.23. The first-order chi connectivity index (χ1) is 9.74. The quantitative estimate of drug-likeness (QED) is 0.859. The second-order valence-corrected chi connectivity index (χ2v) is 8.44. The zero-order valence-corrected chi connectivity index (χ0v) is 13.6. The fourth-order valence-electron chi connectivity index (χ4n) is 3.27. The Bertz CT molecular complexity index is 780. The molecule has 0 radical (unpaired) electrons. The van der Waals surface area contributed by atoms with Crippen molar-refractivity contribution in [1.82, 2.24) is 9.55 Å². The van der Waals surface area contributed by atoms with Crippen LogP contribution in [0.2, 0.25) is 0 Å². The Kier molecular flexibility index (Phi) is 3.27. The molecule has 0 spiro atoms. The lowest BCUT2D eigenvalue weighted by Crippen LogP contribution is -2.26. The van der Waals surface area contributed by atoms with Crippen molar-refractivity contribution in [3.8, 4) is 0 Å².